The van der Waals surface area contributed by atoms with Crippen molar-refractivity contribution in [1.82, 2.24) is 5.32 Å². The van der Waals surface area contributed by atoms with Gasteiger partial charge in [-0.3, -0.25) is 10.1 Å². The average molecular weight is 159 g/mol. The van der Waals surface area contributed by atoms with Gasteiger partial charge in [0.25, 0.3) is 0 Å². The molecule has 0 aliphatic heterocycles. The second-order valence-electron chi connectivity index (χ2n) is 2.31. The van der Waals surface area contributed by atoms with Gasteiger partial charge in [0.2, 0.25) is 0 Å². The third-order valence-corrected chi connectivity index (χ3v) is 1.13. The molecule has 4 heteroatoms. The van der Waals surface area contributed by atoms with Gasteiger partial charge in [-0.1, -0.05) is 6.08 Å². The Kier molecular flexibility index (Phi) is 4.49. The average Bonchev–Trinajstić information content (AvgIpc) is 1.87. The number of aliphatic hydroxyl groups excluding tert-OH is 1. The van der Waals surface area contributed by atoms with Gasteiger partial charge in [-0.25, -0.2) is 0 Å². The topological polar surface area (TPSA) is 69.6 Å². The molecule has 0 bridgehead atoms. The maximum atomic E-state index is 10.3. The molecule has 0 amide bonds. The van der Waals surface area contributed by atoms with Gasteiger partial charge in [-0.15, -0.1) is 6.58 Å². The lowest BCUT2D eigenvalue weighted by Crippen LogP contribution is -2.38. The van der Waals surface area contributed by atoms with Crippen LogP contribution in [0, 0.1) is 0 Å². The van der Waals surface area contributed by atoms with Gasteiger partial charge in [0.1, 0.15) is 6.04 Å². The third kappa shape index (κ3) is 4.52. The third-order valence-electron chi connectivity index (χ3n) is 1.13. The lowest BCUT2D eigenvalue weighted by Gasteiger charge is -2.10. The van der Waals surface area contributed by atoms with Gasteiger partial charge in [-0.05, 0) is 6.92 Å². The monoisotopic (exact) mass is 159 g/mol. The fourth-order valence-corrected chi connectivity index (χ4v) is 0.569. The van der Waals surface area contributed by atoms with Crippen LogP contribution in [0.2, 0.25) is 0 Å². The zero-order valence-electron chi connectivity index (χ0n) is 6.45. The van der Waals surface area contributed by atoms with Crippen LogP contribution in [-0.2, 0) is 4.79 Å². The molecular weight excluding hydrogens is 146 g/mol. The van der Waals surface area contributed by atoms with Crippen molar-refractivity contribution in [3.63, 3.8) is 0 Å². The minimum absolute atomic E-state index is 0.253. The SMILES string of the molecule is C=CC(NC[C@H](C)O)C(=O)O. The highest BCUT2D eigenvalue weighted by atomic mass is 16.4. The van der Waals surface area contributed by atoms with Crippen molar-refractivity contribution < 1.29 is 15.0 Å². The van der Waals surface area contributed by atoms with E-state index in [-0.39, 0.29) is 6.54 Å². The van der Waals surface area contributed by atoms with Crippen LogP contribution in [0.3, 0.4) is 0 Å². The van der Waals surface area contributed by atoms with Gasteiger partial charge in [0.05, 0.1) is 6.10 Å². The van der Waals surface area contributed by atoms with Crippen molar-refractivity contribution >= 4 is 5.97 Å². The number of aliphatic carboxylic acids is 1. The summed E-state index contributed by atoms with van der Waals surface area (Å²) in [7, 11) is 0. The van der Waals surface area contributed by atoms with Crippen LogP contribution >= 0.6 is 0 Å². The highest BCUT2D eigenvalue weighted by molar-refractivity contribution is 5.75. The Bertz CT molecular complexity index is 145. The van der Waals surface area contributed by atoms with Gasteiger partial charge in [-0.2, -0.15) is 0 Å². The number of hydrogen-bond donors (Lipinski definition) is 3. The summed E-state index contributed by atoms with van der Waals surface area (Å²) >= 11 is 0. The highest BCUT2D eigenvalue weighted by Crippen LogP contribution is 1.85. The van der Waals surface area contributed by atoms with Crippen LogP contribution in [0.4, 0.5) is 0 Å². The molecule has 0 aliphatic carbocycles. The summed E-state index contributed by atoms with van der Waals surface area (Å²) < 4.78 is 0. The summed E-state index contributed by atoms with van der Waals surface area (Å²) in [6, 6.07) is -0.774. The summed E-state index contributed by atoms with van der Waals surface area (Å²) in [5.74, 6) is -0.986. The molecule has 0 radical (unpaired) electrons. The second kappa shape index (κ2) is 4.87. The van der Waals surface area contributed by atoms with Crippen LogP contribution in [-0.4, -0.2) is 34.9 Å². The van der Waals surface area contributed by atoms with Crippen molar-refractivity contribution in [2.24, 2.45) is 0 Å². The first-order chi connectivity index (χ1) is 5.07. The lowest BCUT2D eigenvalue weighted by molar-refractivity contribution is -0.138. The van der Waals surface area contributed by atoms with Crippen LogP contribution < -0.4 is 5.32 Å². The molecule has 2 atom stereocenters. The highest BCUT2D eigenvalue weighted by Gasteiger charge is 2.11. The molecule has 64 valence electrons. The molecule has 1 unspecified atom stereocenters. The summed E-state index contributed by atoms with van der Waals surface area (Å²) in [6.07, 6.45) is 0.738. The maximum Gasteiger partial charge on any atom is 0.324 e. The van der Waals surface area contributed by atoms with Gasteiger partial charge < -0.3 is 10.2 Å². The molecule has 0 rings (SSSR count). The molecule has 0 heterocycles. The molecule has 0 fully saturated rings. The zero-order valence-corrected chi connectivity index (χ0v) is 6.45. The maximum absolute atomic E-state index is 10.3. The van der Waals surface area contributed by atoms with E-state index in [1.165, 1.54) is 6.08 Å². The molecule has 0 aromatic carbocycles. The molecule has 0 saturated carbocycles. The van der Waals surface area contributed by atoms with E-state index < -0.39 is 18.1 Å². The first-order valence-corrected chi connectivity index (χ1v) is 3.34. The predicted octanol–water partition coefficient (Wildman–Crippen LogP) is -0.404. The Morgan fingerprint density at radius 1 is 1.82 bits per heavy atom. The second-order valence-corrected chi connectivity index (χ2v) is 2.31. The normalized spacial score (nSPS) is 15.5. The minimum Gasteiger partial charge on any atom is -0.480 e. The van der Waals surface area contributed by atoms with Gasteiger partial charge in [0.15, 0.2) is 0 Å². The van der Waals surface area contributed by atoms with E-state index in [9.17, 15) is 4.79 Å². The van der Waals surface area contributed by atoms with Crippen molar-refractivity contribution in [3.8, 4) is 0 Å². The Balaban J connectivity index is 3.70. The number of aliphatic hydroxyl groups is 1. The minimum atomic E-state index is -0.986. The van der Waals surface area contributed by atoms with E-state index in [0.29, 0.717) is 0 Å². The van der Waals surface area contributed by atoms with Crippen molar-refractivity contribution in [2.75, 3.05) is 6.54 Å². The van der Waals surface area contributed by atoms with Crippen molar-refractivity contribution in [2.45, 2.75) is 19.1 Å². The fraction of sp³-hybridized carbons (Fsp3) is 0.571. The van der Waals surface area contributed by atoms with E-state index in [2.05, 4.69) is 11.9 Å². The Morgan fingerprint density at radius 2 is 2.36 bits per heavy atom. The van der Waals surface area contributed by atoms with Crippen molar-refractivity contribution in [1.29, 1.82) is 0 Å². The van der Waals surface area contributed by atoms with E-state index >= 15 is 0 Å². The van der Waals surface area contributed by atoms with Crippen LogP contribution in [0.5, 0.6) is 0 Å². The van der Waals surface area contributed by atoms with E-state index in [4.69, 9.17) is 10.2 Å². The molecular formula is C7H13NO3. The first-order valence-electron chi connectivity index (χ1n) is 3.34. The Morgan fingerprint density at radius 3 is 2.64 bits per heavy atom. The van der Waals surface area contributed by atoms with Gasteiger partial charge in [0, 0.05) is 6.54 Å². The molecule has 11 heavy (non-hydrogen) atoms. The molecule has 4 nitrogen and oxygen atoms in total. The molecule has 0 aromatic rings. The summed E-state index contributed by atoms with van der Waals surface area (Å²) in [5, 5.41) is 19.9. The first kappa shape index (κ1) is 10.1. The summed E-state index contributed by atoms with van der Waals surface area (Å²) in [4.78, 5) is 10.3. The summed E-state index contributed by atoms with van der Waals surface area (Å²) in [5.41, 5.74) is 0. The van der Waals surface area contributed by atoms with Crippen LogP contribution in [0.1, 0.15) is 6.92 Å². The molecule has 0 saturated heterocycles. The molecule has 3 N–H and O–H groups in total. The largest absolute Gasteiger partial charge is 0.480 e. The number of nitrogens with one attached hydrogen (secondary N) is 1. The number of hydrogen-bond acceptors (Lipinski definition) is 3. The van der Waals surface area contributed by atoms with Gasteiger partial charge >= 0.3 is 5.97 Å². The number of rotatable bonds is 5. The number of carbonyl (C=O) groups is 1. The molecule has 0 aromatic heterocycles. The fourth-order valence-electron chi connectivity index (χ4n) is 0.569. The summed E-state index contributed by atoms with van der Waals surface area (Å²) in [6.45, 7) is 5.17. The lowest BCUT2D eigenvalue weighted by atomic mass is 10.3. The van der Waals surface area contributed by atoms with E-state index in [1.807, 2.05) is 0 Å². The standard InChI is InChI=1S/C7H13NO3/c1-3-6(7(10)11)8-4-5(2)9/h3,5-6,8-9H,1,4H2,2H3,(H,10,11)/t5-,6?/m0/s1. The molecule has 0 spiro atoms. The number of carboxylic acid groups (broad SMARTS) is 1. The predicted molar refractivity (Wildman–Crippen MR) is 41.3 cm³/mol. The van der Waals surface area contributed by atoms with Crippen LogP contribution in [0.15, 0.2) is 12.7 Å². The number of carboxylic acids is 1. The zero-order chi connectivity index (χ0) is 8.85. The Labute approximate surface area is 65.5 Å². The van der Waals surface area contributed by atoms with E-state index in [0.717, 1.165) is 0 Å². The quantitative estimate of drug-likeness (QED) is 0.477. The molecule has 0 aliphatic rings. The Hall–Kier alpha value is -0.870. The van der Waals surface area contributed by atoms with Crippen molar-refractivity contribution in [3.05, 3.63) is 12.7 Å². The van der Waals surface area contributed by atoms with Crippen LogP contribution in [0.25, 0.3) is 0 Å². The smallest absolute Gasteiger partial charge is 0.324 e. The van der Waals surface area contributed by atoms with E-state index in [1.54, 1.807) is 6.92 Å².